The first-order chi connectivity index (χ1) is 11.8. The van der Waals surface area contributed by atoms with Crippen molar-refractivity contribution in [1.82, 2.24) is 19.8 Å². The summed E-state index contributed by atoms with van der Waals surface area (Å²) in [5.41, 5.74) is 1.74. The number of hydrogen-bond donors (Lipinski definition) is 0. The number of aromatic nitrogens is 2. The predicted octanol–water partition coefficient (Wildman–Crippen LogP) is 2.65. The van der Waals surface area contributed by atoms with Crippen LogP contribution in [0.5, 0.6) is 0 Å². The lowest BCUT2D eigenvalue weighted by molar-refractivity contribution is 0.0628. The number of benzene rings is 1. The Labute approximate surface area is 144 Å². The molecule has 1 aliphatic heterocycles. The van der Waals surface area contributed by atoms with Gasteiger partial charge < -0.3 is 4.90 Å². The molecule has 6 heteroatoms. The van der Waals surface area contributed by atoms with Crippen LogP contribution in [0.2, 0.25) is 0 Å². The zero-order valence-electron chi connectivity index (χ0n) is 13.3. The average Bonchev–Trinajstić information content (AvgIpc) is 3.05. The van der Waals surface area contributed by atoms with E-state index in [9.17, 15) is 4.79 Å². The van der Waals surface area contributed by atoms with Crippen LogP contribution in [-0.4, -0.2) is 51.9 Å². The second kappa shape index (κ2) is 6.67. The predicted molar refractivity (Wildman–Crippen MR) is 95.0 cm³/mol. The lowest BCUT2D eigenvalue weighted by atomic mass is 10.2. The summed E-state index contributed by atoms with van der Waals surface area (Å²) in [6.45, 7) is 4.11. The molecule has 0 bridgehead atoms. The molecule has 1 amide bonds. The standard InChI is InChI=1S/C18H18N4OS/c23-18(14-4-3-7-19-12-14)22-10-8-21(9-11-22)13-17-20-15-5-1-2-6-16(15)24-17/h1-7,12H,8-11,13H2. The number of rotatable bonds is 3. The molecule has 3 aromatic rings. The molecule has 3 heterocycles. The molecule has 1 saturated heterocycles. The van der Waals surface area contributed by atoms with Crippen LogP contribution in [0.15, 0.2) is 48.8 Å². The lowest BCUT2D eigenvalue weighted by Gasteiger charge is -2.34. The van der Waals surface area contributed by atoms with Crippen LogP contribution in [0.4, 0.5) is 0 Å². The molecule has 122 valence electrons. The van der Waals surface area contributed by atoms with Crippen LogP contribution in [-0.2, 0) is 6.54 Å². The molecule has 0 unspecified atom stereocenters. The molecule has 5 nitrogen and oxygen atoms in total. The van der Waals surface area contributed by atoms with Crippen molar-refractivity contribution in [3.63, 3.8) is 0 Å². The van der Waals surface area contributed by atoms with Crippen LogP contribution in [0.25, 0.3) is 10.2 Å². The van der Waals surface area contributed by atoms with Gasteiger partial charge in [0, 0.05) is 38.6 Å². The van der Waals surface area contributed by atoms with Crippen LogP contribution >= 0.6 is 11.3 Å². The number of fused-ring (bicyclic) bond motifs is 1. The third-order valence-corrected chi connectivity index (χ3v) is 5.29. The lowest BCUT2D eigenvalue weighted by Crippen LogP contribution is -2.48. The van der Waals surface area contributed by atoms with Gasteiger partial charge in [0.15, 0.2) is 0 Å². The molecule has 1 aromatic carbocycles. The first-order valence-corrected chi connectivity index (χ1v) is 8.87. The zero-order valence-corrected chi connectivity index (χ0v) is 14.1. The first kappa shape index (κ1) is 15.2. The maximum Gasteiger partial charge on any atom is 0.255 e. The quantitative estimate of drug-likeness (QED) is 0.737. The number of nitrogens with zero attached hydrogens (tertiary/aromatic N) is 4. The van der Waals surface area contributed by atoms with Crippen molar-refractivity contribution < 1.29 is 4.79 Å². The monoisotopic (exact) mass is 338 g/mol. The number of para-hydroxylation sites is 1. The van der Waals surface area contributed by atoms with E-state index in [0.717, 1.165) is 43.2 Å². The average molecular weight is 338 g/mol. The highest BCUT2D eigenvalue weighted by Crippen LogP contribution is 2.23. The van der Waals surface area contributed by atoms with Gasteiger partial charge >= 0.3 is 0 Å². The van der Waals surface area contributed by atoms with E-state index in [-0.39, 0.29) is 5.91 Å². The summed E-state index contributed by atoms with van der Waals surface area (Å²) < 4.78 is 1.23. The summed E-state index contributed by atoms with van der Waals surface area (Å²) in [5.74, 6) is 0.0720. The number of carbonyl (C=O) groups is 1. The molecule has 0 atom stereocenters. The van der Waals surface area contributed by atoms with E-state index >= 15 is 0 Å². The zero-order chi connectivity index (χ0) is 16.4. The number of amides is 1. The van der Waals surface area contributed by atoms with Crippen molar-refractivity contribution in [2.45, 2.75) is 6.54 Å². The minimum absolute atomic E-state index is 0.0720. The van der Waals surface area contributed by atoms with E-state index in [2.05, 4.69) is 22.0 Å². The van der Waals surface area contributed by atoms with Crippen molar-refractivity contribution in [3.8, 4) is 0 Å². The SMILES string of the molecule is O=C(c1cccnc1)N1CCN(Cc2nc3ccccc3s2)CC1. The minimum atomic E-state index is 0.0720. The Hall–Kier alpha value is -2.31. The van der Waals surface area contributed by atoms with Gasteiger partial charge in [-0.05, 0) is 24.3 Å². The highest BCUT2D eigenvalue weighted by molar-refractivity contribution is 7.18. The highest BCUT2D eigenvalue weighted by atomic mass is 32.1. The normalized spacial score (nSPS) is 15.8. The Balaban J connectivity index is 1.37. The summed E-state index contributed by atoms with van der Waals surface area (Å²) in [6, 6.07) is 11.9. The van der Waals surface area contributed by atoms with Gasteiger partial charge in [-0.3, -0.25) is 14.7 Å². The van der Waals surface area contributed by atoms with Crippen molar-refractivity contribution >= 4 is 27.5 Å². The number of piperazine rings is 1. The molecule has 0 N–H and O–H groups in total. The van der Waals surface area contributed by atoms with E-state index in [4.69, 9.17) is 4.98 Å². The Kier molecular flexibility index (Phi) is 4.23. The van der Waals surface area contributed by atoms with Gasteiger partial charge in [-0.2, -0.15) is 0 Å². The second-order valence-electron chi connectivity index (χ2n) is 5.89. The minimum Gasteiger partial charge on any atom is -0.336 e. The second-order valence-corrected chi connectivity index (χ2v) is 7.00. The molecule has 0 radical (unpaired) electrons. The fraction of sp³-hybridized carbons (Fsp3) is 0.278. The van der Waals surface area contributed by atoms with Gasteiger partial charge in [0.1, 0.15) is 5.01 Å². The van der Waals surface area contributed by atoms with E-state index in [1.807, 2.05) is 23.1 Å². The van der Waals surface area contributed by atoms with Gasteiger partial charge in [-0.1, -0.05) is 12.1 Å². The van der Waals surface area contributed by atoms with Gasteiger partial charge in [0.05, 0.1) is 22.3 Å². The Morgan fingerprint density at radius 1 is 1.08 bits per heavy atom. The van der Waals surface area contributed by atoms with Gasteiger partial charge in [0.25, 0.3) is 5.91 Å². The summed E-state index contributed by atoms with van der Waals surface area (Å²) in [4.78, 5) is 25.4. The number of pyridine rings is 1. The molecular formula is C18H18N4OS. The largest absolute Gasteiger partial charge is 0.336 e. The molecule has 4 rings (SSSR count). The summed E-state index contributed by atoms with van der Waals surface area (Å²) in [6.07, 6.45) is 3.32. The number of thiazole rings is 1. The van der Waals surface area contributed by atoms with Crippen LogP contribution in [0.3, 0.4) is 0 Å². The van der Waals surface area contributed by atoms with Gasteiger partial charge in [-0.25, -0.2) is 4.98 Å². The fourth-order valence-electron chi connectivity index (χ4n) is 2.96. The molecular weight excluding hydrogens is 320 g/mol. The smallest absolute Gasteiger partial charge is 0.255 e. The van der Waals surface area contributed by atoms with E-state index in [1.54, 1.807) is 29.8 Å². The van der Waals surface area contributed by atoms with Crippen LogP contribution in [0.1, 0.15) is 15.4 Å². The fourth-order valence-corrected chi connectivity index (χ4v) is 3.97. The Morgan fingerprint density at radius 2 is 1.92 bits per heavy atom. The van der Waals surface area contributed by atoms with E-state index in [1.165, 1.54) is 4.70 Å². The maximum atomic E-state index is 12.4. The van der Waals surface area contributed by atoms with Gasteiger partial charge in [-0.15, -0.1) is 11.3 Å². The molecule has 1 aliphatic rings. The Morgan fingerprint density at radius 3 is 2.67 bits per heavy atom. The molecule has 0 aliphatic carbocycles. The van der Waals surface area contributed by atoms with Crippen molar-refractivity contribution in [2.24, 2.45) is 0 Å². The van der Waals surface area contributed by atoms with Crippen LogP contribution < -0.4 is 0 Å². The number of hydrogen-bond acceptors (Lipinski definition) is 5. The third kappa shape index (κ3) is 3.16. The summed E-state index contributed by atoms with van der Waals surface area (Å²) in [7, 11) is 0. The van der Waals surface area contributed by atoms with E-state index < -0.39 is 0 Å². The van der Waals surface area contributed by atoms with Crippen LogP contribution in [0, 0.1) is 0 Å². The molecule has 24 heavy (non-hydrogen) atoms. The molecule has 1 fully saturated rings. The molecule has 0 spiro atoms. The van der Waals surface area contributed by atoms with Gasteiger partial charge in [0.2, 0.25) is 0 Å². The van der Waals surface area contributed by atoms with Crippen molar-refractivity contribution in [2.75, 3.05) is 26.2 Å². The molecule has 2 aromatic heterocycles. The first-order valence-electron chi connectivity index (χ1n) is 8.06. The van der Waals surface area contributed by atoms with E-state index in [0.29, 0.717) is 5.56 Å². The molecule has 0 saturated carbocycles. The highest BCUT2D eigenvalue weighted by Gasteiger charge is 2.22. The summed E-state index contributed by atoms with van der Waals surface area (Å²) in [5, 5.41) is 1.14. The van der Waals surface area contributed by atoms with Crippen molar-refractivity contribution in [1.29, 1.82) is 0 Å². The topological polar surface area (TPSA) is 49.3 Å². The maximum absolute atomic E-state index is 12.4. The number of carbonyl (C=O) groups excluding carboxylic acids is 1. The Bertz CT molecular complexity index is 807. The third-order valence-electron chi connectivity index (χ3n) is 4.27. The van der Waals surface area contributed by atoms with Crippen molar-refractivity contribution in [3.05, 3.63) is 59.4 Å². The summed E-state index contributed by atoms with van der Waals surface area (Å²) >= 11 is 1.75.